The third-order valence-electron chi connectivity index (χ3n) is 2.61. The number of Topliss-reactive ketones (excluding diaryl/α,β-unsaturated/α-hetero) is 3. The first-order valence-corrected chi connectivity index (χ1v) is 9.66. The number of aliphatic hydroxyl groups is 1. The maximum absolute atomic E-state index is 10.4. The van der Waals surface area contributed by atoms with Crippen molar-refractivity contribution in [3.05, 3.63) is 0 Å². The zero-order valence-corrected chi connectivity index (χ0v) is 20.3. The Morgan fingerprint density at radius 1 is 0.548 bits per heavy atom. The molecule has 0 heterocycles. The van der Waals surface area contributed by atoms with Gasteiger partial charge in [-0.1, -0.05) is 20.8 Å². The number of ketones is 3. The predicted octanol–water partition coefficient (Wildman–Crippen LogP) is -1.52. The van der Waals surface area contributed by atoms with Crippen molar-refractivity contribution in [2.24, 2.45) is 0 Å². The van der Waals surface area contributed by atoms with Gasteiger partial charge >= 0.3 is 21.7 Å². The molecular weight excluding hydrogens is 448 g/mol. The Morgan fingerprint density at radius 2 is 0.710 bits per heavy atom. The van der Waals surface area contributed by atoms with E-state index in [2.05, 4.69) is 0 Å². The fraction of sp³-hybridized carbons (Fsp3) is 0.700. The second-order valence-electron chi connectivity index (χ2n) is 5.83. The summed E-state index contributed by atoms with van der Waals surface area (Å²) in [5.74, 6) is -4.61. The molecule has 1 N–H and O–H groups in total. The summed E-state index contributed by atoms with van der Waals surface area (Å²) in [4.78, 5) is 60.6. The summed E-state index contributed by atoms with van der Waals surface area (Å²) in [6.45, 7) is 7.41. The monoisotopic (exact) mass is 481 g/mol. The van der Waals surface area contributed by atoms with Crippen LogP contribution in [0.4, 0.5) is 0 Å². The SMILES string of the molecule is CCCC(=O)CC(=O)[O-].CCCC(=O)CC(=O)[O-].CCCC(=O)CC(=O)[O-].CCO.[Ti+3]. The smallest absolute Gasteiger partial charge is 0.550 e. The molecule has 0 aliphatic heterocycles. The average Bonchev–Trinajstić information content (AvgIpc) is 2.55. The first-order chi connectivity index (χ1) is 13.9. The van der Waals surface area contributed by atoms with E-state index in [9.17, 15) is 44.1 Å². The Kier molecular flexibility index (Phi) is 38.6. The molecule has 0 saturated carbocycles. The predicted molar refractivity (Wildman–Crippen MR) is 101 cm³/mol. The van der Waals surface area contributed by atoms with Gasteiger partial charge in [0.1, 0.15) is 17.3 Å². The van der Waals surface area contributed by atoms with Crippen LogP contribution in [-0.2, 0) is 50.5 Å². The van der Waals surface area contributed by atoms with Crippen molar-refractivity contribution in [3.8, 4) is 0 Å². The van der Waals surface area contributed by atoms with Crippen molar-refractivity contribution in [1.29, 1.82) is 0 Å². The van der Waals surface area contributed by atoms with Gasteiger partial charge in [-0.05, 0) is 26.2 Å². The third-order valence-corrected chi connectivity index (χ3v) is 2.61. The van der Waals surface area contributed by atoms with E-state index in [4.69, 9.17) is 5.11 Å². The fourth-order valence-corrected chi connectivity index (χ4v) is 1.58. The van der Waals surface area contributed by atoms with E-state index in [1.807, 2.05) is 20.8 Å². The van der Waals surface area contributed by atoms with Crippen LogP contribution in [0, 0.1) is 0 Å². The number of rotatable bonds is 12. The number of carboxylic acids is 3. The van der Waals surface area contributed by atoms with Crippen LogP contribution in [0.5, 0.6) is 0 Å². The molecule has 0 aromatic carbocycles. The van der Waals surface area contributed by atoms with Crippen LogP contribution in [0.15, 0.2) is 0 Å². The van der Waals surface area contributed by atoms with Gasteiger partial charge < -0.3 is 34.8 Å². The molecule has 0 amide bonds. The minimum atomic E-state index is -1.28. The maximum atomic E-state index is 10.4. The molecule has 0 spiro atoms. The molecule has 0 rings (SSSR count). The molecule has 0 bridgehead atoms. The Hall–Kier alpha value is -1.91. The van der Waals surface area contributed by atoms with Crippen LogP contribution >= 0.6 is 0 Å². The minimum absolute atomic E-state index is 0. The molecule has 31 heavy (non-hydrogen) atoms. The van der Waals surface area contributed by atoms with Crippen molar-refractivity contribution < 1.29 is 70.9 Å². The molecule has 0 unspecified atom stereocenters. The van der Waals surface area contributed by atoms with Crippen molar-refractivity contribution in [1.82, 2.24) is 0 Å². The topological polar surface area (TPSA) is 192 Å². The first-order valence-electron chi connectivity index (χ1n) is 9.66. The third kappa shape index (κ3) is 52.5. The summed E-state index contributed by atoms with van der Waals surface area (Å²) in [5, 5.41) is 36.8. The number of carboxylic acid groups (broad SMARTS) is 3. The minimum Gasteiger partial charge on any atom is -0.550 e. The fourth-order valence-electron chi connectivity index (χ4n) is 1.58. The van der Waals surface area contributed by atoms with Crippen molar-refractivity contribution in [3.63, 3.8) is 0 Å². The molecule has 0 aromatic heterocycles. The van der Waals surface area contributed by atoms with E-state index in [-0.39, 0.29) is 45.7 Å². The normalized spacial score (nSPS) is 8.42. The van der Waals surface area contributed by atoms with Crippen LogP contribution < -0.4 is 15.3 Å². The van der Waals surface area contributed by atoms with Gasteiger partial charge in [-0.3, -0.25) is 14.4 Å². The molecule has 0 saturated heterocycles. The maximum Gasteiger partial charge on any atom is 3.00 e. The number of carbonyl (C=O) groups is 6. The summed E-state index contributed by atoms with van der Waals surface area (Å²) < 4.78 is 0. The Bertz CT molecular complexity index is 447. The Balaban J connectivity index is -0.000000101. The molecule has 0 aliphatic carbocycles. The second kappa shape index (κ2) is 30.3. The van der Waals surface area contributed by atoms with Gasteiger partial charge in [0.05, 0.1) is 0 Å². The van der Waals surface area contributed by atoms with Crippen molar-refractivity contribution in [2.45, 2.75) is 85.5 Å². The zero-order valence-electron chi connectivity index (χ0n) is 18.7. The van der Waals surface area contributed by atoms with E-state index in [1.54, 1.807) is 6.92 Å². The summed E-state index contributed by atoms with van der Waals surface area (Å²) in [6.07, 6.45) is 1.82. The van der Waals surface area contributed by atoms with Crippen LogP contribution in [0.3, 0.4) is 0 Å². The molecule has 0 aliphatic rings. The van der Waals surface area contributed by atoms with Crippen LogP contribution in [0.25, 0.3) is 0 Å². The van der Waals surface area contributed by atoms with Crippen LogP contribution in [0.1, 0.15) is 85.5 Å². The van der Waals surface area contributed by atoms with Gasteiger partial charge in [0, 0.05) is 63.0 Å². The molecule has 0 fully saturated rings. The number of hydrogen-bond donors (Lipinski definition) is 1. The Labute approximate surface area is 198 Å². The number of aliphatic carboxylic acids is 3. The second-order valence-corrected chi connectivity index (χ2v) is 5.83. The van der Waals surface area contributed by atoms with Gasteiger partial charge in [0.2, 0.25) is 0 Å². The van der Waals surface area contributed by atoms with E-state index < -0.39 is 37.2 Å². The van der Waals surface area contributed by atoms with E-state index in [0.717, 1.165) is 0 Å². The van der Waals surface area contributed by atoms with E-state index >= 15 is 0 Å². The summed E-state index contributed by atoms with van der Waals surface area (Å²) in [6, 6.07) is 0. The number of hydrogen-bond acceptors (Lipinski definition) is 10. The summed E-state index contributed by atoms with van der Waals surface area (Å²) >= 11 is 0. The largest absolute Gasteiger partial charge is 3.00 e. The van der Waals surface area contributed by atoms with Gasteiger partial charge in [0.15, 0.2) is 0 Å². The summed E-state index contributed by atoms with van der Waals surface area (Å²) in [7, 11) is 0. The van der Waals surface area contributed by atoms with Crippen molar-refractivity contribution in [2.75, 3.05) is 6.61 Å². The standard InChI is InChI=1S/3C6H10O3.C2H6O.Ti/c3*1-2-3-5(7)4-6(8)9;1-2-3;/h3*2-4H2,1H3,(H,8,9);3H,2H2,1H3;/q;;;;+3/p-3. The molecule has 1 radical (unpaired) electrons. The van der Waals surface area contributed by atoms with Gasteiger partial charge in [-0.25, -0.2) is 0 Å². The van der Waals surface area contributed by atoms with Crippen molar-refractivity contribution >= 4 is 35.3 Å². The summed E-state index contributed by atoms with van der Waals surface area (Å²) in [5.41, 5.74) is 0. The van der Waals surface area contributed by atoms with Gasteiger partial charge in [0.25, 0.3) is 0 Å². The average molecular weight is 481 g/mol. The number of aliphatic hydroxyl groups excluding tert-OH is 1. The van der Waals surface area contributed by atoms with E-state index in [0.29, 0.717) is 38.5 Å². The molecular formula is C20H33O10Ti. The molecule has 0 atom stereocenters. The first kappa shape index (κ1) is 39.6. The quantitative estimate of drug-likeness (QED) is 0.253. The molecule has 0 aromatic rings. The molecule has 11 heteroatoms. The van der Waals surface area contributed by atoms with Gasteiger partial charge in [-0.15, -0.1) is 0 Å². The molecule has 10 nitrogen and oxygen atoms in total. The molecule has 177 valence electrons. The van der Waals surface area contributed by atoms with Crippen LogP contribution in [0.2, 0.25) is 0 Å². The van der Waals surface area contributed by atoms with Crippen LogP contribution in [-0.4, -0.2) is 47.0 Å². The van der Waals surface area contributed by atoms with E-state index in [1.165, 1.54) is 0 Å². The Morgan fingerprint density at radius 3 is 0.806 bits per heavy atom. The van der Waals surface area contributed by atoms with Gasteiger partial charge in [-0.2, -0.15) is 0 Å². The zero-order chi connectivity index (χ0) is 24.5. The number of carbonyl (C=O) groups excluding carboxylic acids is 6.